The molecule has 0 aliphatic heterocycles. The van der Waals surface area contributed by atoms with Gasteiger partial charge in [0.1, 0.15) is 5.01 Å². The summed E-state index contributed by atoms with van der Waals surface area (Å²) in [4.78, 5) is 20.5. The van der Waals surface area contributed by atoms with E-state index >= 15 is 0 Å². The number of carbonyl (C=O) groups excluding carboxylic acids is 1. The summed E-state index contributed by atoms with van der Waals surface area (Å²) in [6.07, 6.45) is 3.48. The fourth-order valence-electron chi connectivity index (χ4n) is 1.89. The molecule has 0 saturated carbocycles. The van der Waals surface area contributed by atoms with Crippen LogP contribution in [0.5, 0.6) is 0 Å². The Morgan fingerprint density at radius 1 is 1.10 bits per heavy atom. The minimum Gasteiger partial charge on any atom is -0.346 e. The van der Waals surface area contributed by atoms with Gasteiger partial charge in [0.2, 0.25) is 0 Å². The van der Waals surface area contributed by atoms with Crippen molar-refractivity contribution in [3.63, 3.8) is 0 Å². The molecule has 1 amide bonds. The monoisotopic (exact) mass is 295 g/mol. The second-order valence-corrected chi connectivity index (χ2v) is 5.35. The molecule has 3 aromatic rings. The zero-order valence-corrected chi connectivity index (χ0v) is 12.0. The molecule has 1 N–H and O–H groups in total. The molecule has 4 nitrogen and oxygen atoms in total. The van der Waals surface area contributed by atoms with E-state index in [1.165, 1.54) is 11.3 Å². The van der Waals surface area contributed by atoms with Gasteiger partial charge in [-0.2, -0.15) is 0 Å². The normalized spacial score (nSPS) is 10.3. The maximum absolute atomic E-state index is 12.0. The standard InChI is InChI=1S/C16H13N3OS/c20-16(13-4-2-1-3-5-13)18-10-15-19-14(11-21-15)12-6-8-17-9-7-12/h1-9,11H,10H2,(H,18,20). The van der Waals surface area contributed by atoms with Crippen LogP contribution in [0.1, 0.15) is 15.4 Å². The molecule has 0 aliphatic rings. The number of hydrogen-bond acceptors (Lipinski definition) is 4. The SMILES string of the molecule is O=C(NCc1nc(-c2ccncc2)cs1)c1ccccc1. The Morgan fingerprint density at radius 3 is 2.62 bits per heavy atom. The number of amides is 1. The van der Waals surface area contributed by atoms with Gasteiger partial charge in [0.25, 0.3) is 5.91 Å². The summed E-state index contributed by atoms with van der Waals surface area (Å²) in [6, 6.07) is 13.0. The lowest BCUT2D eigenvalue weighted by atomic mass is 10.2. The molecule has 21 heavy (non-hydrogen) atoms. The first-order valence-electron chi connectivity index (χ1n) is 6.51. The molecule has 0 fully saturated rings. The highest BCUT2D eigenvalue weighted by Gasteiger charge is 2.07. The Morgan fingerprint density at radius 2 is 1.86 bits per heavy atom. The van der Waals surface area contributed by atoms with Gasteiger partial charge in [-0.25, -0.2) is 4.98 Å². The number of rotatable bonds is 4. The van der Waals surface area contributed by atoms with Crippen LogP contribution in [0.15, 0.2) is 60.2 Å². The van der Waals surface area contributed by atoms with Crippen molar-refractivity contribution in [3.05, 3.63) is 70.8 Å². The van der Waals surface area contributed by atoms with Crippen LogP contribution in [0.4, 0.5) is 0 Å². The van der Waals surface area contributed by atoms with Gasteiger partial charge in [0, 0.05) is 28.9 Å². The molecular weight excluding hydrogens is 282 g/mol. The smallest absolute Gasteiger partial charge is 0.251 e. The van der Waals surface area contributed by atoms with Crippen LogP contribution in [0.25, 0.3) is 11.3 Å². The summed E-state index contributed by atoms with van der Waals surface area (Å²) in [5.41, 5.74) is 2.59. The van der Waals surface area contributed by atoms with E-state index in [0.29, 0.717) is 12.1 Å². The molecule has 0 saturated heterocycles. The maximum Gasteiger partial charge on any atom is 0.251 e. The van der Waals surface area contributed by atoms with Crippen LogP contribution in [-0.2, 0) is 6.54 Å². The second-order valence-electron chi connectivity index (χ2n) is 4.41. The summed E-state index contributed by atoms with van der Waals surface area (Å²) < 4.78 is 0. The van der Waals surface area contributed by atoms with Gasteiger partial charge in [-0.05, 0) is 24.3 Å². The van der Waals surface area contributed by atoms with E-state index in [1.807, 2.05) is 35.7 Å². The molecule has 0 aliphatic carbocycles. The molecule has 1 aromatic carbocycles. The number of aromatic nitrogens is 2. The molecule has 104 valence electrons. The molecule has 2 heterocycles. The Balaban J connectivity index is 1.64. The molecule has 0 atom stereocenters. The van der Waals surface area contributed by atoms with Crippen molar-refractivity contribution >= 4 is 17.2 Å². The summed E-state index contributed by atoms with van der Waals surface area (Å²) >= 11 is 1.54. The number of thiazole rings is 1. The van der Waals surface area contributed by atoms with E-state index in [-0.39, 0.29) is 5.91 Å². The number of carbonyl (C=O) groups is 1. The Bertz CT molecular complexity index is 726. The predicted molar refractivity (Wildman–Crippen MR) is 83.0 cm³/mol. The van der Waals surface area contributed by atoms with Crippen LogP contribution in [-0.4, -0.2) is 15.9 Å². The molecule has 3 rings (SSSR count). The van der Waals surface area contributed by atoms with Crippen molar-refractivity contribution in [3.8, 4) is 11.3 Å². The number of nitrogens with zero attached hydrogens (tertiary/aromatic N) is 2. The van der Waals surface area contributed by atoms with Crippen molar-refractivity contribution in [1.29, 1.82) is 0 Å². The van der Waals surface area contributed by atoms with E-state index in [1.54, 1.807) is 24.5 Å². The van der Waals surface area contributed by atoms with Crippen molar-refractivity contribution in [2.45, 2.75) is 6.54 Å². The Kier molecular flexibility index (Phi) is 4.02. The van der Waals surface area contributed by atoms with Gasteiger partial charge in [-0.1, -0.05) is 18.2 Å². The summed E-state index contributed by atoms with van der Waals surface area (Å²) in [5.74, 6) is -0.0868. The third-order valence-corrected chi connectivity index (χ3v) is 3.81. The number of hydrogen-bond donors (Lipinski definition) is 1. The maximum atomic E-state index is 12.0. The lowest BCUT2D eigenvalue weighted by Gasteiger charge is -2.02. The minimum absolute atomic E-state index is 0.0868. The molecule has 2 aromatic heterocycles. The van der Waals surface area contributed by atoms with E-state index < -0.39 is 0 Å². The average Bonchev–Trinajstić information content (AvgIpc) is 3.03. The lowest BCUT2D eigenvalue weighted by molar-refractivity contribution is 0.0951. The molecule has 0 bridgehead atoms. The van der Waals surface area contributed by atoms with Crippen LogP contribution in [0.3, 0.4) is 0 Å². The predicted octanol–water partition coefficient (Wildman–Crippen LogP) is 3.14. The van der Waals surface area contributed by atoms with Crippen LogP contribution >= 0.6 is 11.3 Å². The summed E-state index contributed by atoms with van der Waals surface area (Å²) in [5, 5.41) is 5.74. The van der Waals surface area contributed by atoms with Crippen LogP contribution in [0.2, 0.25) is 0 Å². The van der Waals surface area contributed by atoms with Crippen molar-refractivity contribution in [1.82, 2.24) is 15.3 Å². The number of nitrogens with one attached hydrogen (secondary N) is 1. The minimum atomic E-state index is -0.0868. The van der Waals surface area contributed by atoms with Gasteiger partial charge >= 0.3 is 0 Å². The third-order valence-electron chi connectivity index (χ3n) is 2.96. The molecule has 5 heteroatoms. The first-order valence-corrected chi connectivity index (χ1v) is 7.39. The zero-order valence-electron chi connectivity index (χ0n) is 11.2. The first kappa shape index (κ1) is 13.5. The van der Waals surface area contributed by atoms with Crippen molar-refractivity contribution in [2.24, 2.45) is 0 Å². The van der Waals surface area contributed by atoms with E-state index in [4.69, 9.17) is 0 Å². The zero-order chi connectivity index (χ0) is 14.5. The van der Waals surface area contributed by atoms with E-state index in [0.717, 1.165) is 16.3 Å². The van der Waals surface area contributed by atoms with Gasteiger partial charge in [0.15, 0.2) is 0 Å². The highest BCUT2D eigenvalue weighted by atomic mass is 32.1. The fraction of sp³-hybridized carbons (Fsp3) is 0.0625. The molecule has 0 spiro atoms. The average molecular weight is 295 g/mol. The highest BCUT2D eigenvalue weighted by molar-refractivity contribution is 7.09. The second kappa shape index (κ2) is 6.28. The van der Waals surface area contributed by atoms with Crippen molar-refractivity contribution < 1.29 is 4.79 Å². The number of benzene rings is 1. The Labute approximate surface area is 126 Å². The topological polar surface area (TPSA) is 54.9 Å². The third kappa shape index (κ3) is 3.32. The lowest BCUT2D eigenvalue weighted by Crippen LogP contribution is -2.22. The van der Waals surface area contributed by atoms with Crippen LogP contribution in [0, 0.1) is 0 Å². The van der Waals surface area contributed by atoms with Crippen LogP contribution < -0.4 is 5.32 Å². The molecule has 0 radical (unpaired) electrons. The van der Waals surface area contributed by atoms with Gasteiger partial charge in [-0.3, -0.25) is 9.78 Å². The first-order chi connectivity index (χ1) is 10.3. The largest absolute Gasteiger partial charge is 0.346 e. The quantitative estimate of drug-likeness (QED) is 0.804. The Hall–Kier alpha value is -2.53. The number of pyridine rings is 1. The van der Waals surface area contributed by atoms with E-state index in [9.17, 15) is 4.79 Å². The fourth-order valence-corrected chi connectivity index (χ4v) is 2.64. The highest BCUT2D eigenvalue weighted by Crippen LogP contribution is 2.20. The molecule has 0 unspecified atom stereocenters. The summed E-state index contributed by atoms with van der Waals surface area (Å²) in [6.45, 7) is 0.434. The summed E-state index contributed by atoms with van der Waals surface area (Å²) in [7, 11) is 0. The van der Waals surface area contributed by atoms with Gasteiger partial charge in [0.05, 0.1) is 12.2 Å². The van der Waals surface area contributed by atoms with Crippen molar-refractivity contribution in [2.75, 3.05) is 0 Å². The van der Waals surface area contributed by atoms with E-state index in [2.05, 4.69) is 15.3 Å². The van der Waals surface area contributed by atoms with Gasteiger partial charge in [-0.15, -0.1) is 11.3 Å². The molecular formula is C16H13N3OS. The van der Waals surface area contributed by atoms with Gasteiger partial charge < -0.3 is 5.32 Å².